The van der Waals surface area contributed by atoms with Crippen molar-refractivity contribution in [3.05, 3.63) is 35.9 Å². The van der Waals surface area contributed by atoms with Gasteiger partial charge in [-0.05, 0) is 25.3 Å². The van der Waals surface area contributed by atoms with Gasteiger partial charge in [0.25, 0.3) is 0 Å². The molecule has 2 N–H and O–H groups in total. The highest BCUT2D eigenvalue weighted by Gasteiger charge is 2.21. The van der Waals surface area contributed by atoms with Crippen molar-refractivity contribution in [2.75, 3.05) is 35.3 Å². The average molecular weight is 355 g/mol. The molecule has 2 rings (SSSR count). The van der Waals surface area contributed by atoms with Gasteiger partial charge in [-0.1, -0.05) is 54.1 Å². The Balaban J connectivity index is 2.22. The molecule has 0 unspecified atom stereocenters. The summed E-state index contributed by atoms with van der Waals surface area (Å²) >= 11 is 0. The SMILES string of the molecule is [B][n+]1c(NCCC)nc(N(CC)OCc2ccccc2)nc1NCCC. The Bertz CT molecular complexity index is 641. The van der Waals surface area contributed by atoms with Crippen LogP contribution >= 0.6 is 0 Å². The molecule has 0 aliphatic rings. The van der Waals surface area contributed by atoms with Crippen molar-refractivity contribution in [1.29, 1.82) is 0 Å². The van der Waals surface area contributed by atoms with Crippen molar-refractivity contribution in [3.63, 3.8) is 0 Å². The van der Waals surface area contributed by atoms with Crippen LogP contribution in [0.1, 0.15) is 39.2 Å². The summed E-state index contributed by atoms with van der Waals surface area (Å²) in [6.07, 6.45) is 1.94. The van der Waals surface area contributed by atoms with E-state index in [0.29, 0.717) is 31.0 Å². The van der Waals surface area contributed by atoms with Crippen molar-refractivity contribution < 1.29 is 9.32 Å². The summed E-state index contributed by atoms with van der Waals surface area (Å²) in [5.74, 6) is 1.58. The van der Waals surface area contributed by atoms with Crippen LogP contribution in [0.4, 0.5) is 17.8 Å². The van der Waals surface area contributed by atoms with Gasteiger partial charge in [0, 0.05) is 19.6 Å². The molecule has 0 aliphatic carbocycles. The fourth-order valence-corrected chi connectivity index (χ4v) is 2.27. The van der Waals surface area contributed by atoms with Crippen LogP contribution in [-0.2, 0) is 11.4 Å². The van der Waals surface area contributed by atoms with E-state index >= 15 is 0 Å². The first-order valence-corrected chi connectivity index (χ1v) is 9.20. The summed E-state index contributed by atoms with van der Waals surface area (Å²) in [6.45, 7) is 8.79. The first-order valence-electron chi connectivity index (χ1n) is 9.20. The molecule has 0 spiro atoms. The Hall–Kier alpha value is -2.35. The van der Waals surface area contributed by atoms with Gasteiger partial charge in [-0.3, -0.25) is 9.32 Å². The second-order valence-electron chi connectivity index (χ2n) is 5.85. The Labute approximate surface area is 157 Å². The number of nitrogens with zero attached hydrogens (tertiary/aromatic N) is 4. The lowest BCUT2D eigenvalue weighted by molar-refractivity contribution is -0.496. The molecule has 0 amide bonds. The summed E-state index contributed by atoms with van der Waals surface area (Å²) in [6, 6.07) is 10.0. The third kappa shape index (κ3) is 5.59. The topological polar surface area (TPSA) is 66.2 Å². The van der Waals surface area contributed by atoms with Gasteiger partial charge in [-0.25, -0.2) is 5.06 Å². The molecule has 138 valence electrons. The quantitative estimate of drug-likeness (QED) is 0.476. The first-order chi connectivity index (χ1) is 12.7. The van der Waals surface area contributed by atoms with Crippen LogP contribution < -0.4 is 20.2 Å². The Kier molecular flexibility index (Phi) is 8.14. The third-order valence-corrected chi connectivity index (χ3v) is 3.67. The first kappa shape index (κ1) is 20.0. The number of rotatable bonds is 11. The van der Waals surface area contributed by atoms with E-state index in [1.165, 1.54) is 4.48 Å². The lowest BCUT2D eigenvalue weighted by Crippen LogP contribution is -2.42. The number of benzene rings is 1. The van der Waals surface area contributed by atoms with Crippen LogP contribution in [0.3, 0.4) is 0 Å². The minimum Gasteiger partial charge on any atom is -0.308 e. The minimum atomic E-state index is 0.449. The zero-order chi connectivity index (χ0) is 18.8. The molecule has 0 saturated heterocycles. The maximum atomic E-state index is 6.15. The van der Waals surface area contributed by atoms with Crippen molar-refractivity contribution in [2.45, 2.75) is 40.2 Å². The van der Waals surface area contributed by atoms with E-state index in [1.54, 1.807) is 5.06 Å². The highest BCUT2D eigenvalue weighted by atomic mass is 16.7. The summed E-state index contributed by atoms with van der Waals surface area (Å²) < 4.78 is 1.44. The van der Waals surface area contributed by atoms with Crippen LogP contribution in [-0.4, -0.2) is 37.6 Å². The smallest absolute Gasteiger partial charge is 0.308 e. The molecule has 0 saturated carbocycles. The summed E-state index contributed by atoms with van der Waals surface area (Å²) in [5, 5.41) is 8.16. The molecular formula is C18H28BN6O+. The van der Waals surface area contributed by atoms with Crippen LogP contribution in [0.15, 0.2) is 30.3 Å². The van der Waals surface area contributed by atoms with Gasteiger partial charge in [0.1, 0.15) is 6.61 Å². The maximum Gasteiger partial charge on any atom is 0.347 e. The van der Waals surface area contributed by atoms with Crippen LogP contribution in [0.25, 0.3) is 0 Å². The van der Waals surface area contributed by atoms with Crippen LogP contribution in [0.2, 0.25) is 0 Å². The molecule has 2 aromatic rings. The number of aromatic nitrogens is 3. The van der Waals surface area contributed by atoms with Gasteiger partial charge >= 0.3 is 25.8 Å². The summed E-state index contributed by atoms with van der Waals surface area (Å²) in [4.78, 5) is 15.0. The van der Waals surface area contributed by atoms with Crippen LogP contribution in [0, 0.1) is 0 Å². The highest BCUT2D eigenvalue weighted by molar-refractivity contribution is 5.96. The molecule has 0 atom stereocenters. The molecular weight excluding hydrogens is 327 g/mol. The minimum absolute atomic E-state index is 0.449. The average Bonchev–Trinajstić information content (AvgIpc) is 2.68. The van der Waals surface area contributed by atoms with Crippen LogP contribution in [0.5, 0.6) is 0 Å². The van der Waals surface area contributed by atoms with Gasteiger partial charge < -0.3 is 10.6 Å². The van der Waals surface area contributed by atoms with Gasteiger partial charge in [0.05, 0.1) is 0 Å². The summed E-state index contributed by atoms with van der Waals surface area (Å²) in [5.41, 5.74) is 1.09. The van der Waals surface area contributed by atoms with E-state index < -0.39 is 0 Å². The number of hydroxylamine groups is 1. The number of hydrogen-bond donors (Lipinski definition) is 2. The second kappa shape index (κ2) is 10.6. The summed E-state index contributed by atoms with van der Waals surface area (Å²) in [7, 11) is 6.15. The zero-order valence-electron chi connectivity index (χ0n) is 15.9. The molecule has 7 nitrogen and oxygen atoms in total. The molecule has 26 heavy (non-hydrogen) atoms. The van der Waals surface area contributed by atoms with E-state index in [9.17, 15) is 0 Å². The molecule has 1 heterocycles. The number of nitrogens with one attached hydrogen (secondary N) is 2. The van der Waals surface area contributed by atoms with Gasteiger partial charge in [-0.2, -0.15) is 0 Å². The molecule has 0 bridgehead atoms. The lowest BCUT2D eigenvalue weighted by atomic mass is 10.2. The molecule has 1 aromatic heterocycles. The van der Waals surface area contributed by atoms with Crippen molar-refractivity contribution >= 4 is 25.8 Å². The molecule has 2 radical (unpaired) electrons. The largest absolute Gasteiger partial charge is 0.347 e. The van der Waals surface area contributed by atoms with E-state index in [0.717, 1.165) is 31.5 Å². The standard InChI is InChI=1S/C18H28BN6O/c1-4-12-20-16-22-18(23-17(25(16)19)21-13-5-2)24(6-3)26-14-15-10-8-7-9-11-15/h7-11H,4-6,12-14H2,1-3H3,(H2,20,21,22,23)/q+1. The van der Waals surface area contributed by atoms with E-state index in [1.807, 2.05) is 37.3 Å². The monoisotopic (exact) mass is 355 g/mol. The Morgan fingerprint density at radius 1 is 1.00 bits per heavy atom. The molecule has 0 fully saturated rings. The van der Waals surface area contributed by atoms with Crippen molar-refractivity contribution in [2.24, 2.45) is 0 Å². The molecule has 0 aliphatic heterocycles. The molecule has 1 aromatic carbocycles. The maximum absolute atomic E-state index is 6.15. The van der Waals surface area contributed by atoms with Crippen molar-refractivity contribution in [3.8, 4) is 0 Å². The second-order valence-corrected chi connectivity index (χ2v) is 5.85. The lowest BCUT2D eigenvalue weighted by Gasteiger charge is -2.19. The van der Waals surface area contributed by atoms with E-state index in [2.05, 4.69) is 34.4 Å². The van der Waals surface area contributed by atoms with Gasteiger partial charge in [-0.15, -0.1) is 0 Å². The molecule has 8 heteroatoms. The number of hydrogen-bond acceptors (Lipinski definition) is 6. The fourth-order valence-electron chi connectivity index (χ4n) is 2.27. The van der Waals surface area contributed by atoms with Crippen molar-refractivity contribution in [1.82, 2.24) is 9.97 Å². The van der Waals surface area contributed by atoms with Gasteiger partial charge in [0.2, 0.25) is 0 Å². The van der Waals surface area contributed by atoms with E-state index in [-0.39, 0.29) is 0 Å². The highest BCUT2D eigenvalue weighted by Crippen LogP contribution is 2.14. The van der Waals surface area contributed by atoms with Gasteiger partial charge in [0.15, 0.2) is 0 Å². The fraction of sp³-hybridized carbons (Fsp3) is 0.500. The Morgan fingerprint density at radius 3 is 2.08 bits per heavy atom. The van der Waals surface area contributed by atoms with E-state index in [4.69, 9.17) is 12.8 Å². The third-order valence-electron chi connectivity index (χ3n) is 3.67. The number of anilines is 3. The zero-order valence-corrected chi connectivity index (χ0v) is 15.9. The normalized spacial score (nSPS) is 10.6. The Morgan fingerprint density at radius 2 is 1.58 bits per heavy atom. The predicted octanol–water partition coefficient (Wildman–Crippen LogP) is 2.30. The predicted molar refractivity (Wildman–Crippen MR) is 105 cm³/mol.